The van der Waals surface area contributed by atoms with E-state index in [2.05, 4.69) is 38.5 Å². The summed E-state index contributed by atoms with van der Waals surface area (Å²) in [5, 5.41) is 11.3. The smallest absolute Gasteiger partial charge is 0.131 e. The first-order valence-corrected chi connectivity index (χ1v) is 10.4. The molecule has 140 valence electrons. The lowest BCUT2D eigenvalue weighted by Crippen LogP contribution is -2.53. The van der Waals surface area contributed by atoms with Gasteiger partial charge in [-0.25, -0.2) is 0 Å². The first-order valence-electron chi connectivity index (χ1n) is 10.4. The van der Waals surface area contributed by atoms with E-state index in [0.717, 1.165) is 57.3 Å². The van der Waals surface area contributed by atoms with Gasteiger partial charge in [-0.15, -0.1) is 6.42 Å². The quantitative estimate of drug-likeness (QED) is 0.571. The molecule has 0 amide bonds. The van der Waals surface area contributed by atoms with Gasteiger partial charge >= 0.3 is 0 Å². The van der Waals surface area contributed by atoms with Gasteiger partial charge in [0.1, 0.15) is 5.60 Å². The molecule has 4 aliphatic rings. The summed E-state index contributed by atoms with van der Waals surface area (Å²) in [6.45, 7) is 9.54. The molecule has 0 radical (unpaired) electrons. The van der Waals surface area contributed by atoms with Crippen LogP contribution in [0, 0.1) is 41.4 Å². The Morgan fingerprint density at radius 2 is 2.19 bits per heavy atom. The van der Waals surface area contributed by atoms with E-state index in [0.29, 0.717) is 23.7 Å². The number of aliphatic hydroxyl groups is 1. The summed E-state index contributed by atoms with van der Waals surface area (Å²) in [6, 6.07) is 0. The van der Waals surface area contributed by atoms with Crippen LogP contribution in [0.2, 0.25) is 0 Å². The highest BCUT2D eigenvalue weighted by atomic mass is 16.5. The molecular weight excluding hydrogens is 320 g/mol. The fourth-order valence-corrected chi connectivity index (χ4v) is 6.96. The van der Waals surface area contributed by atoms with Crippen LogP contribution in [0.15, 0.2) is 35.6 Å². The van der Waals surface area contributed by atoms with Crippen LogP contribution in [0.5, 0.6) is 0 Å². The van der Waals surface area contributed by atoms with Crippen LogP contribution in [0.25, 0.3) is 0 Å². The third-order valence-corrected chi connectivity index (χ3v) is 8.06. The average Bonchev–Trinajstić information content (AvgIpc) is 2.95. The molecule has 4 rings (SSSR count). The van der Waals surface area contributed by atoms with Gasteiger partial charge in [0.15, 0.2) is 0 Å². The molecule has 2 fully saturated rings. The lowest BCUT2D eigenvalue weighted by Gasteiger charge is -2.56. The largest absolute Gasteiger partial charge is 0.498 e. The SMILES string of the molecule is C#C[C@]1(O)CC[C@H]2[C@@H]3CC=C4C=C(OCC)CC[C@@H]4[C@H]3C(=C)C[C@@]21CC. The van der Waals surface area contributed by atoms with E-state index >= 15 is 0 Å². The predicted molar refractivity (Wildman–Crippen MR) is 105 cm³/mol. The summed E-state index contributed by atoms with van der Waals surface area (Å²) >= 11 is 0. The molecule has 0 saturated heterocycles. The maximum atomic E-state index is 11.3. The Balaban J connectivity index is 1.70. The minimum Gasteiger partial charge on any atom is -0.498 e. The Labute approximate surface area is 158 Å². The third kappa shape index (κ3) is 2.29. The van der Waals surface area contributed by atoms with Crippen molar-refractivity contribution in [3.8, 4) is 12.3 Å². The molecule has 6 atom stereocenters. The molecule has 26 heavy (non-hydrogen) atoms. The number of terminal acetylenes is 1. The van der Waals surface area contributed by atoms with E-state index in [1.165, 1.54) is 11.1 Å². The number of fused-ring (bicyclic) bond motifs is 5. The van der Waals surface area contributed by atoms with Crippen molar-refractivity contribution in [1.29, 1.82) is 0 Å². The Kier molecular flexibility index (Phi) is 4.35. The first kappa shape index (κ1) is 17.9. The van der Waals surface area contributed by atoms with E-state index in [4.69, 9.17) is 11.2 Å². The third-order valence-electron chi connectivity index (χ3n) is 8.06. The molecule has 0 aromatic heterocycles. The Morgan fingerprint density at radius 1 is 1.38 bits per heavy atom. The van der Waals surface area contributed by atoms with Gasteiger partial charge in [-0.2, -0.15) is 0 Å². The topological polar surface area (TPSA) is 29.5 Å². The summed E-state index contributed by atoms with van der Waals surface area (Å²) < 4.78 is 5.78. The standard InChI is InChI=1S/C24H32O2/c1-5-23-15-16(4)22-19-11-9-18(26-7-3)14-17(19)8-10-20(22)21(23)12-13-24(23,25)6-2/h2,8,14,19-22,25H,4-5,7,9-13,15H2,1,3H3/t19-,20-,21-,22+,23-,24-/m0/s1. The molecule has 0 unspecified atom stereocenters. The Morgan fingerprint density at radius 3 is 2.88 bits per heavy atom. The monoisotopic (exact) mass is 352 g/mol. The highest BCUT2D eigenvalue weighted by Crippen LogP contribution is 2.66. The van der Waals surface area contributed by atoms with Crippen LogP contribution in [-0.2, 0) is 4.74 Å². The minimum absolute atomic E-state index is 0.174. The lowest BCUT2D eigenvalue weighted by atomic mass is 9.49. The van der Waals surface area contributed by atoms with E-state index < -0.39 is 5.60 Å². The molecule has 0 aromatic carbocycles. The first-order chi connectivity index (χ1) is 12.5. The Hall–Kier alpha value is -1.46. The van der Waals surface area contributed by atoms with Crippen LogP contribution >= 0.6 is 0 Å². The zero-order chi connectivity index (χ0) is 18.5. The number of allylic oxidation sites excluding steroid dienone is 5. The van der Waals surface area contributed by atoms with Crippen LogP contribution in [0.1, 0.15) is 58.8 Å². The molecular formula is C24H32O2. The second-order valence-corrected chi connectivity index (χ2v) is 8.81. The van der Waals surface area contributed by atoms with Crippen LogP contribution in [-0.4, -0.2) is 17.3 Å². The van der Waals surface area contributed by atoms with Gasteiger partial charge in [-0.1, -0.05) is 31.1 Å². The number of hydrogen-bond donors (Lipinski definition) is 1. The molecule has 0 aromatic rings. The number of ether oxygens (including phenoxy) is 1. The summed E-state index contributed by atoms with van der Waals surface area (Å²) in [5.74, 6) is 6.14. The maximum Gasteiger partial charge on any atom is 0.131 e. The number of rotatable bonds is 3. The van der Waals surface area contributed by atoms with Gasteiger partial charge in [0.2, 0.25) is 0 Å². The summed E-state index contributed by atoms with van der Waals surface area (Å²) in [7, 11) is 0. The fourth-order valence-electron chi connectivity index (χ4n) is 6.96. The zero-order valence-electron chi connectivity index (χ0n) is 16.3. The highest BCUT2D eigenvalue weighted by molar-refractivity contribution is 5.37. The average molecular weight is 353 g/mol. The molecule has 0 spiro atoms. The molecule has 2 nitrogen and oxygen atoms in total. The van der Waals surface area contributed by atoms with Crippen molar-refractivity contribution in [1.82, 2.24) is 0 Å². The van der Waals surface area contributed by atoms with E-state index in [1.54, 1.807) is 0 Å². The summed E-state index contributed by atoms with van der Waals surface area (Å²) in [5.41, 5.74) is 1.65. The second kappa shape index (κ2) is 6.31. The maximum absolute atomic E-state index is 11.3. The molecule has 4 aliphatic carbocycles. The predicted octanol–water partition coefficient (Wildman–Crippen LogP) is 5.01. The van der Waals surface area contributed by atoms with Gasteiger partial charge in [0, 0.05) is 11.8 Å². The van der Waals surface area contributed by atoms with E-state index in [9.17, 15) is 5.11 Å². The summed E-state index contributed by atoms with van der Waals surface area (Å²) in [4.78, 5) is 0. The van der Waals surface area contributed by atoms with Crippen molar-refractivity contribution in [2.45, 2.75) is 64.4 Å². The molecule has 0 bridgehead atoms. The van der Waals surface area contributed by atoms with Crippen molar-refractivity contribution < 1.29 is 9.84 Å². The molecule has 2 heteroatoms. The molecule has 0 heterocycles. The van der Waals surface area contributed by atoms with Crippen LogP contribution < -0.4 is 0 Å². The van der Waals surface area contributed by atoms with Gasteiger partial charge in [0.25, 0.3) is 0 Å². The van der Waals surface area contributed by atoms with Crippen LogP contribution in [0.4, 0.5) is 0 Å². The minimum atomic E-state index is -0.959. The van der Waals surface area contributed by atoms with Crippen molar-refractivity contribution >= 4 is 0 Å². The van der Waals surface area contributed by atoms with Crippen molar-refractivity contribution in [3.63, 3.8) is 0 Å². The highest BCUT2D eigenvalue weighted by Gasteiger charge is 2.64. The van der Waals surface area contributed by atoms with Gasteiger partial charge in [-0.3, -0.25) is 0 Å². The molecule has 2 saturated carbocycles. The lowest BCUT2D eigenvalue weighted by molar-refractivity contribution is -0.0747. The number of hydrogen-bond acceptors (Lipinski definition) is 2. The second-order valence-electron chi connectivity index (χ2n) is 8.81. The van der Waals surface area contributed by atoms with Crippen molar-refractivity contribution in [3.05, 3.63) is 35.6 Å². The van der Waals surface area contributed by atoms with Gasteiger partial charge in [-0.05, 0) is 80.8 Å². The van der Waals surface area contributed by atoms with E-state index in [1.807, 2.05) is 0 Å². The molecule has 1 N–H and O–H groups in total. The van der Waals surface area contributed by atoms with Crippen LogP contribution in [0.3, 0.4) is 0 Å². The normalized spacial score (nSPS) is 44.2. The Bertz CT molecular complexity index is 708. The zero-order valence-corrected chi connectivity index (χ0v) is 16.3. The fraction of sp³-hybridized carbons (Fsp3) is 0.667. The molecule has 0 aliphatic heterocycles. The van der Waals surface area contributed by atoms with Gasteiger partial charge < -0.3 is 9.84 Å². The van der Waals surface area contributed by atoms with Crippen molar-refractivity contribution in [2.75, 3.05) is 6.61 Å². The van der Waals surface area contributed by atoms with E-state index in [-0.39, 0.29) is 5.41 Å². The summed E-state index contributed by atoms with van der Waals surface area (Å²) in [6.07, 6.45) is 17.5. The van der Waals surface area contributed by atoms with Crippen molar-refractivity contribution in [2.24, 2.45) is 29.1 Å². The van der Waals surface area contributed by atoms with Gasteiger partial charge in [0.05, 0.1) is 12.4 Å².